The third-order valence-corrected chi connectivity index (χ3v) is 6.22. The van der Waals surface area contributed by atoms with E-state index in [1.165, 1.54) is 0 Å². The van der Waals surface area contributed by atoms with Crippen molar-refractivity contribution < 1.29 is 18.5 Å². The smallest absolute Gasteiger partial charge is 0.259 e. The molecule has 0 bridgehead atoms. The third kappa shape index (κ3) is 9.13. The van der Waals surface area contributed by atoms with Crippen molar-refractivity contribution in [3.05, 3.63) is 11.4 Å². The first-order valence-corrected chi connectivity index (χ1v) is 10.5. The maximum atomic E-state index is 6.95. The van der Waals surface area contributed by atoms with Gasteiger partial charge in [0.05, 0.1) is 18.3 Å². The number of hydrogen-bond acceptors (Lipinski definition) is 5. The molecule has 0 N–H and O–H groups in total. The number of nitrogens with zero attached hydrogens (tertiary/aromatic N) is 2. The lowest BCUT2D eigenvalue weighted by atomic mass is 9.94. The molecule has 0 aliphatic carbocycles. The molecule has 5 atom stereocenters. The summed E-state index contributed by atoms with van der Waals surface area (Å²) in [6, 6.07) is 0.00703. The Morgan fingerprint density at radius 2 is 1.65 bits per heavy atom. The van der Waals surface area contributed by atoms with Crippen LogP contribution in [-0.2, 0) is 18.5 Å². The highest BCUT2D eigenvalue weighted by Gasteiger charge is 2.32. The standard InChI is InChI=1S/C18H36BN2O4P/c1-10-17(24-18(19)16(7)22-9)15(6)25-26(23-12-11-20-8)21(13(2)3)14(4)5/h13-18H,10-12H2,1-7,9H3/t15-,16+,17-,18?,26?/m1/s1. The molecule has 0 aliphatic heterocycles. The lowest BCUT2D eigenvalue weighted by Crippen LogP contribution is -2.39. The van der Waals surface area contributed by atoms with Gasteiger partial charge in [-0.2, -0.15) is 0 Å². The molecule has 0 fully saturated rings. The van der Waals surface area contributed by atoms with Crippen molar-refractivity contribution in [2.75, 3.05) is 20.3 Å². The van der Waals surface area contributed by atoms with E-state index in [0.717, 1.165) is 6.42 Å². The van der Waals surface area contributed by atoms with Gasteiger partial charge < -0.3 is 23.4 Å². The first-order chi connectivity index (χ1) is 12.2. The van der Waals surface area contributed by atoms with Gasteiger partial charge in [0.25, 0.3) is 8.53 Å². The average Bonchev–Trinajstić information content (AvgIpc) is 2.57. The van der Waals surface area contributed by atoms with Crippen LogP contribution >= 0.6 is 8.53 Å². The van der Waals surface area contributed by atoms with Gasteiger partial charge in [-0.25, -0.2) is 11.2 Å². The van der Waals surface area contributed by atoms with E-state index in [1.54, 1.807) is 7.11 Å². The van der Waals surface area contributed by atoms with E-state index in [-0.39, 0.29) is 30.4 Å². The van der Waals surface area contributed by atoms with E-state index in [9.17, 15) is 0 Å². The molecule has 2 unspecified atom stereocenters. The summed E-state index contributed by atoms with van der Waals surface area (Å²) >= 11 is 0. The zero-order valence-corrected chi connectivity index (χ0v) is 18.5. The van der Waals surface area contributed by atoms with Gasteiger partial charge in [-0.05, 0) is 48.0 Å². The minimum atomic E-state index is -1.30. The summed E-state index contributed by atoms with van der Waals surface area (Å²) in [6.07, 6.45) is 0.197. The van der Waals surface area contributed by atoms with Crippen LogP contribution in [0.15, 0.2) is 0 Å². The molecule has 0 heterocycles. The highest BCUT2D eigenvalue weighted by atomic mass is 31.2. The molecule has 0 aromatic rings. The fraction of sp³-hybridized carbons (Fsp3) is 0.944. The highest BCUT2D eigenvalue weighted by molar-refractivity contribution is 7.44. The monoisotopic (exact) mass is 386 g/mol. The van der Waals surface area contributed by atoms with Gasteiger partial charge in [-0.1, -0.05) is 6.92 Å². The van der Waals surface area contributed by atoms with Gasteiger partial charge in [0.15, 0.2) is 0 Å². The predicted octanol–water partition coefficient (Wildman–Crippen LogP) is 4.00. The zero-order chi connectivity index (χ0) is 20.3. The Morgan fingerprint density at radius 1 is 1.08 bits per heavy atom. The molecule has 0 saturated carbocycles. The van der Waals surface area contributed by atoms with Crippen LogP contribution in [0.3, 0.4) is 0 Å². The third-order valence-electron chi connectivity index (χ3n) is 4.00. The molecule has 26 heavy (non-hydrogen) atoms. The minimum Gasteiger partial charge on any atom is -0.380 e. The van der Waals surface area contributed by atoms with Gasteiger partial charge in [0.1, 0.15) is 14.5 Å². The Kier molecular flexibility index (Phi) is 13.8. The van der Waals surface area contributed by atoms with Gasteiger partial charge in [-0.15, -0.1) is 0 Å². The lowest BCUT2D eigenvalue weighted by Gasteiger charge is -2.38. The van der Waals surface area contributed by atoms with Crippen molar-refractivity contribution >= 4 is 16.4 Å². The summed E-state index contributed by atoms with van der Waals surface area (Å²) in [5.41, 5.74) is 0. The van der Waals surface area contributed by atoms with Crippen LogP contribution in [-0.4, -0.2) is 69.2 Å². The van der Waals surface area contributed by atoms with Crippen LogP contribution in [0.4, 0.5) is 0 Å². The quantitative estimate of drug-likeness (QED) is 0.195. The average molecular weight is 386 g/mol. The summed E-state index contributed by atoms with van der Waals surface area (Å²) in [7, 11) is 6.37. The van der Waals surface area contributed by atoms with Gasteiger partial charge >= 0.3 is 0 Å². The Bertz CT molecular complexity index is 401. The second-order valence-electron chi connectivity index (χ2n) is 6.82. The van der Waals surface area contributed by atoms with Crippen molar-refractivity contribution in [2.45, 2.75) is 91.3 Å². The molecule has 0 spiro atoms. The number of ether oxygens (including phenoxy) is 2. The van der Waals surface area contributed by atoms with Crippen molar-refractivity contribution in [2.24, 2.45) is 0 Å². The summed E-state index contributed by atoms with van der Waals surface area (Å²) in [5.74, 6) is 0. The van der Waals surface area contributed by atoms with Crippen LogP contribution in [0.5, 0.6) is 0 Å². The Morgan fingerprint density at radius 3 is 2.08 bits per heavy atom. The maximum Gasteiger partial charge on any atom is 0.259 e. The summed E-state index contributed by atoms with van der Waals surface area (Å²) in [4.78, 5) is 3.36. The van der Waals surface area contributed by atoms with Crippen molar-refractivity contribution in [1.82, 2.24) is 4.67 Å². The van der Waals surface area contributed by atoms with E-state index >= 15 is 0 Å². The molecule has 0 aromatic carbocycles. The number of methoxy groups -OCH3 is 1. The van der Waals surface area contributed by atoms with E-state index in [1.807, 2.05) is 20.8 Å². The van der Waals surface area contributed by atoms with Crippen LogP contribution in [0.2, 0.25) is 0 Å². The Labute approximate surface area is 163 Å². The van der Waals surface area contributed by atoms with E-state index in [0.29, 0.717) is 13.2 Å². The van der Waals surface area contributed by atoms with Crippen molar-refractivity contribution in [3.8, 4) is 0 Å². The zero-order valence-electron chi connectivity index (χ0n) is 17.6. The largest absolute Gasteiger partial charge is 0.380 e. The van der Waals surface area contributed by atoms with Crippen molar-refractivity contribution in [1.29, 1.82) is 0 Å². The molecule has 0 aromatic heterocycles. The predicted molar refractivity (Wildman–Crippen MR) is 108 cm³/mol. The maximum absolute atomic E-state index is 6.95. The van der Waals surface area contributed by atoms with E-state index in [2.05, 4.69) is 37.2 Å². The normalized spacial score (nSPS) is 17.9. The van der Waals surface area contributed by atoms with Crippen LogP contribution in [0, 0.1) is 6.57 Å². The van der Waals surface area contributed by atoms with Crippen LogP contribution in [0.25, 0.3) is 4.85 Å². The molecule has 0 amide bonds. The fourth-order valence-electron chi connectivity index (χ4n) is 2.49. The van der Waals surface area contributed by atoms with E-state index in [4.69, 9.17) is 32.9 Å². The molecular formula is C18H36BN2O4P. The first-order valence-electron chi connectivity index (χ1n) is 9.34. The first kappa shape index (κ1) is 25.8. The Hall–Kier alpha value is -0.215. The number of hydrogen-bond donors (Lipinski definition) is 0. The van der Waals surface area contributed by atoms with Gasteiger partial charge in [-0.3, -0.25) is 0 Å². The topological polar surface area (TPSA) is 44.5 Å². The number of rotatable bonds is 14. The minimum absolute atomic E-state index is 0.168. The molecule has 150 valence electrons. The highest BCUT2D eigenvalue weighted by Crippen LogP contribution is 2.47. The van der Waals surface area contributed by atoms with Crippen LogP contribution in [0.1, 0.15) is 54.9 Å². The molecule has 6 nitrogen and oxygen atoms in total. The molecule has 0 rings (SSSR count). The molecule has 8 heteroatoms. The molecular weight excluding hydrogens is 350 g/mol. The lowest BCUT2D eigenvalue weighted by molar-refractivity contribution is -0.0810. The molecule has 0 saturated heterocycles. The van der Waals surface area contributed by atoms with E-state index < -0.39 is 14.5 Å². The SMILES string of the molecule is [B]C(O[C@H](CC)[C@@H](C)OP(OCC[N+]#[C-])N(C(C)C)C(C)C)[C@H](C)OC. The van der Waals surface area contributed by atoms with Gasteiger partial charge in [0.2, 0.25) is 6.54 Å². The molecule has 2 radical (unpaired) electrons. The van der Waals surface area contributed by atoms with Crippen LogP contribution < -0.4 is 0 Å². The van der Waals surface area contributed by atoms with Gasteiger partial charge in [0, 0.05) is 25.2 Å². The summed E-state index contributed by atoms with van der Waals surface area (Å²) in [6.45, 7) is 22.0. The fourth-order valence-corrected chi connectivity index (χ4v) is 4.20. The second-order valence-corrected chi connectivity index (χ2v) is 8.23. The summed E-state index contributed by atoms with van der Waals surface area (Å²) < 4.78 is 25.6. The van der Waals surface area contributed by atoms with Crippen molar-refractivity contribution in [3.63, 3.8) is 0 Å². The molecule has 0 aliphatic rings. The summed E-state index contributed by atoms with van der Waals surface area (Å²) in [5, 5.41) is 0. The second kappa shape index (κ2) is 13.9. The Balaban J connectivity index is 5.10.